The van der Waals surface area contributed by atoms with Crippen LogP contribution in [0.3, 0.4) is 0 Å². The molecule has 1 N–H and O–H groups in total. The molecule has 2 aliphatic carbocycles. The second-order valence-corrected chi connectivity index (χ2v) is 7.11. The highest BCUT2D eigenvalue weighted by molar-refractivity contribution is 5.56. The van der Waals surface area contributed by atoms with E-state index in [1.54, 1.807) is 6.20 Å². The van der Waals surface area contributed by atoms with Crippen molar-refractivity contribution in [3.63, 3.8) is 0 Å². The van der Waals surface area contributed by atoms with Crippen LogP contribution in [0.5, 0.6) is 11.8 Å². The highest BCUT2D eigenvalue weighted by Gasteiger charge is 2.32. The van der Waals surface area contributed by atoms with Gasteiger partial charge < -0.3 is 19.1 Å². The third-order valence-electron chi connectivity index (χ3n) is 5.15. The first kappa shape index (κ1) is 16.4. The Morgan fingerprint density at radius 1 is 1.12 bits per heavy atom. The van der Waals surface area contributed by atoms with Gasteiger partial charge in [0.25, 0.3) is 5.88 Å². The van der Waals surface area contributed by atoms with E-state index < -0.39 is 0 Å². The minimum Gasteiger partial charge on any atom is -0.491 e. The van der Waals surface area contributed by atoms with E-state index in [-0.39, 0.29) is 12.0 Å². The molecule has 0 aliphatic heterocycles. The zero-order valence-corrected chi connectivity index (χ0v) is 14.3. The lowest BCUT2D eigenvalue weighted by Crippen LogP contribution is -2.40. The monoisotopic (exact) mass is 344 g/mol. The minimum absolute atomic E-state index is 0.135. The van der Waals surface area contributed by atoms with E-state index in [1.807, 2.05) is 12.1 Å². The number of nitrogens with zero attached hydrogens (tertiary/aromatic N) is 2. The van der Waals surface area contributed by atoms with Crippen molar-refractivity contribution in [2.75, 3.05) is 6.61 Å². The van der Waals surface area contributed by atoms with Crippen molar-refractivity contribution in [2.24, 2.45) is 5.92 Å². The lowest BCUT2D eigenvalue weighted by atomic mass is 9.89. The second-order valence-electron chi connectivity index (χ2n) is 7.11. The molecule has 6 heteroatoms. The molecule has 6 nitrogen and oxygen atoms in total. The smallest absolute Gasteiger partial charge is 0.252 e. The van der Waals surface area contributed by atoms with Gasteiger partial charge in [0.1, 0.15) is 6.10 Å². The number of hydrogen-bond acceptors (Lipinski definition) is 6. The minimum atomic E-state index is -0.135. The Balaban J connectivity index is 1.20. The van der Waals surface area contributed by atoms with Gasteiger partial charge in [0.2, 0.25) is 5.88 Å². The Labute approximate surface area is 147 Å². The fraction of sp³-hybridized carbons (Fsp3) is 0.579. The average molecular weight is 344 g/mol. The summed E-state index contributed by atoms with van der Waals surface area (Å²) in [6.07, 6.45) is 10.8. The molecule has 0 amide bonds. The summed E-state index contributed by atoms with van der Waals surface area (Å²) in [7, 11) is 0. The molecule has 2 aliphatic rings. The SMILES string of the molecule is Oc1cc(-c2ccc(O[C@H]3C[C@@H](OCC4CCCCC4)C3)nc2)on1. The van der Waals surface area contributed by atoms with Crippen molar-refractivity contribution in [3.8, 4) is 23.1 Å². The second kappa shape index (κ2) is 7.44. The van der Waals surface area contributed by atoms with E-state index in [4.69, 9.17) is 14.0 Å². The zero-order chi connectivity index (χ0) is 17.1. The third kappa shape index (κ3) is 4.12. The maximum absolute atomic E-state index is 9.22. The predicted octanol–water partition coefficient (Wildman–Crippen LogP) is 3.95. The van der Waals surface area contributed by atoms with E-state index in [0.29, 0.717) is 17.7 Å². The van der Waals surface area contributed by atoms with Crippen molar-refractivity contribution in [3.05, 3.63) is 24.4 Å². The molecule has 0 saturated heterocycles. The number of ether oxygens (including phenoxy) is 2. The number of hydrogen-bond donors (Lipinski definition) is 1. The molecule has 2 heterocycles. The quantitative estimate of drug-likeness (QED) is 0.855. The summed E-state index contributed by atoms with van der Waals surface area (Å²) in [4.78, 5) is 4.30. The highest BCUT2D eigenvalue weighted by atomic mass is 16.5. The van der Waals surface area contributed by atoms with Gasteiger partial charge in [0, 0.05) is 43.3 Å². The van der Waals surface area contributed by atoms with Crippen LogP contribution in [-0.2, 0) is 4.74 Å². The van der Waals surface area contributed by atoms with Gasteiger partial charge in [-0.1, -0.05) is 19.3 Å². The lowest BCUT2D eigenvalue weighted by Gasteiger charge is -2.36. The Morgan fingerprint density at radius 3 is 2.64 bits per heavy atom. The molecule has 0 aromatic carbocycles. The first-order chi connectivity index (χ1) is 12.3. The summed E-state index contributed by atoms with van der Waals surface area (Å²) >= 11 is 0. The summed E-state index contributed by atoms with van der Waals surface area (Å²) in [5, 5.41) is 12.7. The Bertz CT molecular complexity index is 673. The van der Waals surface area contributed by atoms with Crippen molar-refractivity contribution in [1.82, 2.24) is 10.1 Å². The van der Waals surface area contributed by atoms with Gasteiger partial charge in [-0.05, 0) is 30.0 Å². The molecule has 2 aromatic heterocycles. The molecule has 0 atom stereocenters. The van der Waals surface area contributed by atoms with Gasteiger partial charge in [0.15, 0.2) is 5.76 Å². The molecule has 0 spiro atoms. The van der Waals surface area contributed by atoms with Crippen LogP contribution >= 0.6 is 0 Å². The van der Waals surface area contributed by atoms with E-state index in [2.05, 4.69) is 10.1 Å². The molecule has 0 unspecified atom stereocenters. The molecule has 2 fully saturated rings. The van der Waals surface area contributed by atoms with E-state index >= 15 is 0 Å². The van der Waals surface area contributed by atoms with Gasteiger partial charge in [0.05, 0.1) is 6.10 Å². The average Bonchev–Trinajstić information content (AvgIpc) is 3.05. The van der Waals surface area contributed by atoms with E-state index in [0.717, 1.165) is 30.9 Å². The first-order valence-electron chi connectivity index (χ1n) is 9.16. The van der Waals surface area contributed by atoms with Crippen LogP contribution in [0, 0.1) is 5.92 Å². The van der Waals surface area contributed by atoms with Crippen LogP contribution in [0.4, 0.5) is 0 Å². The topological polar surface area (TPSA) is 77.6 Å². The van der Waals surface area contributed by atoms with Gasteiger partial charge in [-0.2, -0.15) is 0 Å². The summed E-state index contributed by atoms with van der Waals surface area (Å²) in [5.74, 6) is 1.71. The number of aromatic hydroxyl groups is 1. The van der Waals surface area contributed by atoms with Gasteiger partial charge in [-0.25, -0.2) is 4.98 Å². The molecule has 2 aromatic rings. The maximum atomic E-state index is 9.22. The molecule has 0 bridgehead atoms. The largest absolute Gasteiger partial charge is 0.491 e. The molecule has 2 saturated carbocycles. The number of pyridine rings is 1. The van der Waals surface area contributed by atoms with Crippen molar-refractivity contribution >= 4 is 0 Å². The summed E-state index contributed by atoms with van der Waals surface area (Å²) in [6, 6.07) is 5.11. The standard InChI is InChI=1S/C19H24N2O4/c22-18-10-17(25-21-18)14-6-7-19(20-11-14)24-16-8-15(9-16)23-12-13-4-2-1-3-5-13/h6-7,10-11,13,15-16H,1-5,8-9,12H2,(H,21,22)/t15-,16+. The highest BCUT2D eigenvalue weighted by Crippen LogP contribution is 2.31. The Kier molecular flexibility index (Phi) is 4.88. The number of aromatic nitrogens is 2. The normalized spacial score (nSPS) is 24.0. The van der Waals surface area contributed by atoms with Gasteiger partial charge >= 0.3 is 0 Å². The predicted molar refractivity (Wildman–Crippen MR) is 91.4 cm³/mol. The molecule has 25 heavy (non-hydrogen) atoms. The van der Waals surface area contributed by atoms with E-state index in [9.17, 15) is 5.11 Å². The molecule has 134 valence electrons. The maximum Gasteiger partial charge on any atom is 0.252 e. The van der Waals surface area contributed by atoms with Crippen LogP contribution in [-0.4, -0.2) is 34.1 Å². The van der Waals surface area contributed by atoms with Crippen molar-refractivity contribution in [2.45, 2.75) is 57.2 Å². The fourth-order valence-corrected chi connectivity index (χ4v) is 3.54. The van der Waals surface area contributed by atoms with Crippen LogP contribution in [0.15, 0.2) is 28.9 Å². The summed E-state index contributed by atoms with van der Waals surface area (Å²) < 4.78 is 16.9. The van der Waals surface area contributed by atoms with Gasteiger partial charge in [-0.3, -0.25) is 0 Å². The number of rotatable bonds is 6. The fourth-order valence-electron chi connectivity index (χ4n) is 3.54. The van der Waals surface area contributed by atoms with Crippen LogP contribution in [0.2, 0.25) is 0 Å². The van der Waals surface area contributed by atoms with E-state index in [1.165, 1.54) is 38.2 Å². The van der Waals surface area contributed by atoms with Crippen LogP contribution in [0.1, 0.15) is 44.9 Å². The molecule has 4 rings (SSSR count). The van der Waals surface area contributed by atoms with Crippen LogP contribution < -0.4 is 4.74 Å². The third-order valence-corrected chi connectivity index (χ3v) is 5.15. The Morgan fingerprint density at radius 2 is 1.96 bits per heavy atom. The summed E-state index contributed by atoms with van der Waals surface area (Å²) in [5.41, 5.74) is 0.752. The zero-order valence-electron chi connectivity index (χ0n) is 14.3. The Hall–Kier alpha value is -2.08. The molecular weight excluding hydrogens is 320 g/mol. The first-order valence-corrected chi connectivity index (χ1v) is 9.16. The molecule has 0 radical (unpaired) electrons. The van der Waals surface area contributed by atoms with Crippen molar-refractivity contribution < 1.29 is 19.1 Å². The van der Waals surface area contributed by atoms with Crippen LogP contribution in [0.25, 0.3) is 11.3 Å². The van der Waals surface area contributed by atoms with Crippen molar-refractivity contribution in [1.29, 1.82) is 0 Å². The lowest BCUT2D eigenvalue weighted by molar-refractivity contribution is -0.0749. The van der Waals surface area contributed by atoms with Gasteiger partial charge in [-0.15, -0.1) is 0 Å². The molecular formula is C19H24N2O4. The summed E-state index contributed by atoms with van der Waals surface area (Å²) in [6.45, 7) is 0.911.